The van der Waals surface area contributed by atoms with E-state index in [-0.39, 0.29) is 11.1 Å². The fourth-order valence-electron chi connectivity index (χ4n) is 3.55. The van der Waals surface area contributed by atoms with E-state index in [9.17, 15) is 48.4 Å². The highest BCUT2D eigenvalue weighted by molar-refractivity contribution is 7.82. The van der Waals surface area contributed by atoms with Crippen molar-refractivity contribution in [1.82, 2.24) is 4.90 Å². The summed E-state index contributed by atoms with van der Waals surface area (Å²) in [5, 5.41) is 9.72. The minimum absolute atomic E-state index is 0.0462. The molecule has 0 unspecified atom stereocenters. The summed E-state index contributed by atoms with van der Waals surface area (Å²) in [4.78, 5) is 25.9. The van der Waals surface area contributed by atoms with Crippen LogP contribution in [-0.4, -0.2) is 79.8 Å². The summed E-state index contributed by atoms with van der Waals surface area (Å²) >= 11 is 0. The quantitative estimate of drug-likeness (QED) is 0.191. The van der Waals surface area contributed by atoms with E-state index in [1.165, 1.54) is 0 Å². The summed E-state index contributed by atoms with van der Waals surface area (Å²) in [7, 11) is -21.2. The molecule has 3 rings (SSSR count). The van der Waals surface area contributed by atoms with Gasteiger partial charge in [-0.15, -0.1) is 0 Å². The van der Waals surface area contributed by atoms with Gasteiger partial charge in [-0.25, -0.2) is 4.79 Å². The Balaban J connectivity index is 2.10. The van der Waals surface area contributed by atoms with E-state index in [0.717, 1.165) is 18.2 Å². The number of hydrogen-bond donors (Lipinski definition) is 5. The van der Waals surface area contributed by atoms with E-state index in [1.807, 2.05) is 0 Å². The highest BCUT2D eigenvalue weighted by Gasteiger charge is 2.37. The number of hydrogen-bond acceptors (Lipinski definition) is 14. The molecule has 0 spiro atoms. The summed E-state index contributed by atoms with van der Waals surface area (Å²) in [6.07, 6.45) is -0.595. The number of carbonyl (C=O) groups is 2. The summed E-state index contributed by atoms with van der Waals surface area (Å²) < 4.78 is 142. The number of rotatable bonds is 10. The molecule has 0 saturated heterocycles. The number of fused-ring (bicyclic) bond motifs is 1. The van der Waals surface area contributed by atoms with Gasteiger partial charge in [0.25, 0.3) is 5.91 Å². The first-order valence-electron chi connectivity index (χ1n) is 10.0. The van der Waals surface area contributed by atoms with Crippen molar-refractivity contribution in [2.45, 2.75) is 19.0 Å². The first-order valence-corrected chi connectivity index (χ1v) is 15.5. The normalized spacial score (nSPS) is 15.9. The van der Waals surface area contributed by atoms with Crippen LogP contribution in [0.2, 0.25) is 0 Å². The van der Waals surface area contributed by atoms with E-state index in [0.29, 0.717) is 17.0 Å². The first kappa shape index (κ1) is 31.7. The van der Waals surface area contributed by atoms with Crippen molar-refractivity contribution in [2.75, 3.05) is 0 Å². The number of carboxylic acid groups (broad SMARTS) is 1. The Hall–Kier alpha value is -3.78. The van der Waals surface area contributed by atoms with Gasteiger partial charge >= 0.3 is 47.6 Å². The SMILES string of the molecule is O=C(O)[C@@H]1Cc2cc(OS(=O)(=O)O)c(OS(=O)(=O)O)cc2CN1C(=O)c1ccc(OS(=O)(=O)O)c(OS(=O)(=O)O)c1. The Morgan fingerprint density at radius 2 is 1.07 bits per heavy atom. The number of benzene rings is 2. The van der Waals surface area contributed by atoms with E-state index >= 15 is 0 Å². The second-order valence-electron chi connectivity index (χ2n) is 7.76. The standard InChI is InChI=1S/C17H15NO19S4/c19-16(8-1-2-12(34-38(22,23)24)13(4-8)35-39(25,26)27)18-7-10-6-15(37-41(31,32)33)14(36-40(28,29)30)5-9(10)3-11(18)17(20)21/h1-2,4-6,11H,3,7H2,(H,20,21)(H,22,23,24)(H,25,26,27)(H,28,29,30)(H,31,32,33)/t11-/m0/s1. The van der Waals surface area contributed by atoms with Crippen molar-refractivity contribution >= 4 is 53.5 Å². The van der Waals surface area contributed by atoms with Gasteiger partial charge in [-0.05, 0) is 41.5 Å². The zero-order valence-electron chi connectivity index (χ0n) is 19.4. The number of aliphatic carboxylic acids is 1. The lowest BCUT2D eigenvalue weighted by Gasteiger charge is -2.35. The van der Waals surface area contributed by atoms with Crippen LogP contribution in [0.25, 0.3) is 0 Å². The highest BCUT2D eigenvalue weighted by atomic mass is 32.3. The zero-order chi connectivity index (χ0) is 31.1. The maximum Gasteiger partial charge on any atom is 0.446 e. The molecule has 0 fully saturated rings. The third kappa shape index (κ3) is 8.85. The Morgan fingerprint density at radius 1 is 0.659 bits per heavy atom. The molecule has 226 valence electrons. The van der Waals surface area contributed by atoms with Gasteiger partial charge in [-0.3, -0.25) is 23.0 Å². The van der Waals surface area contributed by atoms with Gasteiger partial charge in [-0.2, -0.15) is 33.7 Å². The molecular formula is C17H15NO19S4. The molecule has 0 aliphatic carbocycles. The van der Waals surface area contributed by atoms with Crippen molar-refractivity contribution < 1.29 is 83.3 Å². The van der Waals surface area contributed by atoms with Crippen LogP contribution >= 0.6 is 0 Å². The lowest BCUT2D eigenvalue weighted by Crippen LogP contribution is -2.48. The van der Waals surface area contributed by atoms with Crippen LogP contribution in [0, 0.1) is 0 Å². The van der Waals surface area contributed by atoms with Crippen LogP contribution in [0.1, 0.15) is 21.5 Å². The van der Waals surface area contributed by atoms with E-state index in [2.05, 4.69) is 16.7 Å². The molecule has 2 aromatic carbocycles. The van der Waals surface area contributed by atoms with Gasteiger partial charge < -0.3 is 26.7 Å². The van der Waals surface area contributed by atoms with Crippen LogP contribution < -0.4 is 16.7 Å². The van der Waals surface area contributed by atoms with Crippen molar-refractivity contribution in [2.24, 2.45) is 0 Å². The second-order valence-corrected chi connectivity index (χ2v) is 11.9. The molecule has 1 heterocycles. The van der Waals surface area contributed by atoms with Crippen LogP contribution in [0.4, 0.5) is 0 Å². The molecule has 0 saturated carbocycles. The third-order valence-corrected chi connectivity index (χ3v) is 6.47. The molecule has 1 aliphatic heterocycles. The van der Waals surface area contributed by atoms with E-state index < -0.39 is 101 Å². The Bertz CT molecular complexity index is 1850. The van der Waals surface area contributed by atoms with Crippen molar-refractivity contribution in [3.8, 4) is 23.0 Å². The summed E-state index contributed by atoms with van der Waals surface area (Å²) in [6.45, 7) is -0.684. The zero-order valence-corrected chi connectivity index (χ0v) is 22.7. The molecule has 1 atom stereocenters. The van der Waals surface area contributed by atoms with E-state index in [4.69, 9.17) is 18.2 Å². The van der Waals surface area contributed by atoms with Gasteiger partial charge in [0.15, 0.2) is 23.0 Å². The van der Waals surface area contributed by atoms with Crippen LogP contribution in [0.15, 0.2) is 30.3 Å². The topological polar surface area (TPSA) is 312 Å². The average Bonchev–Trinajstić information content (AvgIpc) is 2.75. The molecule has 41 heavy (non-hydrogen) atoms. The van der Waals surface area contributed by atoms with Gasteiger partial charge in [0.1, 0.15) is 6.04 Å². The second kappa shape index (κ2) is 10.9. The fraction of sp³-hybridized carbons (Fsp3) is 0.176. The maximum atomic E-state index is 13.3. The Kier molecular flexibility index (Phi) is 8.43. The van der Waals surface area contributed by atoms with Crippen LogP contribution in [-0.2, 0) is 59.4 Å². The highest BCUT2D eigenvalue weighted by Crippen LogP contribution is 2.38. The van der Waals surface area contributed by atoms with Gasteiger partial charge in [0, 0.05) is 18.5 Å². The summed E-state index contributed by atoms with van der Waals surface area (Å²) in [5.41, 5.74) is -0.713. The Labute approximate surface area is 230 Å². The van der Waals surface area contributed by atoms with Gasteiger partial charge in [0.05, 0.1) is 0 Å². The summed E-state index contributed by atoms with van der Waals surface area (Å²) in [6, 6.07) is 1.71. The largest absolute Gasteiger partial charge is 0.480 e. The molecule has 0 radical (unpaired) electrons. The first-order chi connectivity index (χ1) is 18.5. The fourth-order valence-corrected chi connectivity index (χ4v) is 4.99. The number of nitrogens with zero attached hydrogens (tertiary/aromatic N) is 1. The number of amides is 1. The predicted octanol–water partition coefficient (Wildman–Crippen LogP) is -0.935. The summed E-state index contributed by atoms with van der Waals surface area (Å²) in [5.74, 6) is -6.94. The minimum atomic E-state index is -5.36. The molecule has 0 aromatic heterocycles. The minimum Gasteiger partial charge on any atom is -0.480 e. The molecule has 24 heteroatoms. The van der Waals surface area contributed by atoms with Gasteiger partial charge in [-0.1, -0.05) is 0 Å². The molecular weight excluding hydrogens is 650 g/mol. The molecule has 0 bridgehead atoms. The van der Waals surface area contributed by atoms with Crippen LogP contribution in [0.5, 0.6) is 23.0 Å². The van der Waals surface area contributed by atoms with E-state index in [1.54, 1.807) is 0 Å². The smallest absolute Gasteiger partial charge is 0.446 e. The number of carboxylic acids is 1. The van der Waals surface area contributed by atoms with Crippen molar-refractivity contribution in [3.63, 3.8) is 0 Å². The maximum absolute atomic E-state index is 13.3. The molecule has 1 aliphatic rings. The van der Waals surface area contributed by atoms with Gasteiger partial charge in [0.2, 0.25) is 0 Å². The average molecular weight is 666 g/mol. The third-order valence-electron chi connectivity index (χ3n) is 4.91. The number of carbonyl (C=O) groups excluding carboxylic acids is 1. The lowest BCUT2D eigenvalue weighted by atomic mass is 9.92. The predicted molar refractivity (Wildman–Crippen MR) is 127 cm³/mol. The van der Waals surface area contributed by atoms with Crippen molar-refractivity contribution in [1.29, 1.82) is 0 Å². The van der Waals surface area contributed by atoms with Crippen LogP contribution in [0.3, 0.4) is 0 Å². The molecule has 5 N–H and O–H groups in total. The monoisotopic (exact) mass is 665 g/mol. The lowest BCUT2D eigenvalue weighted by molar-refractivity contribution is -0.142. The van der Waals surface area contributed by atoms with Crippen molar-refractivity contribution in [3.05, 3.63) is 47.0 Å². The Morgan fingerprint density at radius 3 is 1.51 bits per heavy atom. The molecule has 2 aromatic rings. The molecule has 20 nitrogen and oxygen atoms in total. The molecule has 1 amide bonds.